The third-order valence-electron chi connectivity index (χ3n) is 1.36. The first-order valence-corrected chi connectivity index (χ1v) is 4.76. The van der Waals surface area contributed by atoms with Crippen molar-refractivity contribution < 1.29 is 4.74 Å². The monoisotopic (exact) mass is 190 g/mol. The van der Waals surface area contributed by atoms with E-state index in [1.165, 1.54) is 0 Å². The van der Waals surface area contributed by atoms with Crippen LogP contribution in [0, 0.1) is 0 Å². The third-order valence-corrected chi connectivity index (χ3v) is 1.36. The third kappa shape index (κ3) is 10.5. The molecule has 0 radical (unpaired) electrons. The molecule has 0 aromatic heterocycles. The highest BCUT2D eigenvalue weighted by Crippen LogP contribution is 1.85. The summed E-state index contributed by atoms with van der Waals surface area (Å²) in [5.41, 5.74) is 0. The van der Waals surface area contributed by atoms with E-state index in [9.17, 15) is 0 Å². The Labute approximate surface area is 86.8 Å². The number of allylic oxidation sites excluding steroid dienone is 9. The molecule has 0 bridgehead atoms. The minimum absolute atomic E-state index is 1.08. The smallest absolute Gasteiger partial charge is 0.0824 e. The van der Waals surface area contributed by atoms with E-state index < -0.39 is 0 Å². The molecule has 0 saturated heterocycles. The van der Waals surface area contributed by atoms with Crippen LogP contribution in [0.3, 0.4) is 0 Å². The Balaban J connectivity index is 3.62. The van der Waals surface area contributed by atoms with Crippen molar-refractivity contribution in [2.75, 3.05) is 7.11 Å². The molecule has 0 heterocycles. The van der Waals surface area contributed by atoms with Gasteiger partial charge in [-0.2, -0.15) is 0 Å². The molecule has 0 fully saturated rings. The second kappa shape index (κ2) is 11.5. The molecule has 0 aliphatic rings. The lowest BCUT2D eigenvalue weighted by Gasteiger charge is -1.79. The SMILES string of the molecule is CCC=CC=CC=CC=CC=COC. The van der Waals surface area contributed by atoms with Gasteiger partial charge in [0, 0.05) is 0 Å². The molecule has 0 aliphatic carbocycles. The second-order valence-electron chi connectivity index (χ2n) is 2.56. The summed E-state index contributed by atoms with van der Waals surface area (Å²) in [6, 6.07) is 0. The lowest BCUT2D eigenvalue weighted by molar-refractivity contribution is 0.338. The van der Waals surface area contributed by atoms with Crippen molar-refractivity contribution in [2.24, 2.45) is 0 Å². The van der Waals surface area contributed by atoms with Crippen LogP contribution < -0.4 is 0 Å². The minimum Gasteiger partial charge on any atom is -0.504 e. The fourth-order valence-corrected chi connectivity index (χ4v) is 0.723. The summed E-state index contributed by atoms with van der Waals surface area (Å²) in [6.45, 7) is 2.12. The summed E-state index contributed by atoms with van der Waals surface area (Å²) in [6.07, 6.45) is 20.5. The molecule has 1 heteroatoms. The van der Waals surface area contributed by atoms with Crippen molar-refractivity contribution in [2.45, 2.75) is 13.3 Å². The fraction of sp³-hybridized carbons (Fsp3) is 0.231. The van der Waals surface area contributed by atoms with E-state index in [1.54, 1.807) is 13.4 Å². The van der Waals surface area contributed by atoms with Crippen LogP contribution in [-0.4, -0.2) is 7.11 Å². The normalized spacial score (nSPS) is 13.3. The van der Waals surface area contributed by atoms with Gasteiger partial charge in [-0.1, -0.05) is 55.5 Å². The minimum atomic E-state index is 1.08. The Morgan fingerprint density at radius 3 is 1.79 bits per heavy atom. The first-order chi connectivity index (χ1) is 6.91. The van der Waals surface area contributed by atoms with Crippen molar-refractivity contribution in [1.82, 2.24) is 0 Å². The molecular weight excluding hydrogens is 172 g/mol. The van der Waals surface area contributed by atoms with E-state index in [2.05, 4.69) is 13.0 Å². The summed E-state index contributed by atoms with van der Waals surface area (Å²) >= 11 is 0. The number of methoxy groups -OCH3 is 1. The molecule has 0 unspecified atom stereocenters. The van der Waals surface area contributed by atoms with Crippen LogP contribution in [0.15, 0.2) is 60.9 Å². The average Bonchev–Trinajstić information content (AvgIpc) is 2.21. The summed E-state index contributed by atoms with van der Waals surface area (Å²) in [4.78, 5) is 0. The maximum atomic E-state index is 4.73. The van der Waals surface area contributed by atoms with Gasteiger partial charge in [-0.05, 0) is 12.5 Å². The van der Waals surface area contributed by atoms with Crippen LogP contribution >= 0.6 is 0 Å². The van der Waals surface area contributed by atoms with Crippen molar-refractivity contribution in [3.05, 3.63) is 60.9 Å². The lowest BCUT2D eigenvalue weighted by Crippen LogP contribution is -1.60. The number of rotatable bonds is 6. The standard InChI is InChI=1S/C13H18O/c1-3-4-5-6-7-8-9-10-11-12-13-14-2/h4-13H,3H2,1-2H3. The Bertz CT molecular complexity index is 216. The second-order valence-corrected chi connectivity index (χ2v) is 2.56. The largest absolute Gasteiger partial charge is 0.504 e. The van der Waals surface area contributed by atoms with Gasteiger partial charge >= 0.3 is 0 Å². The Hall–Kier alpha value is -1.50. The first kappa shape index (κ1) is 12.5. The van der Waals surface area contributed by atoms with Gasteiger partial charge in [-0.15, -0.1) is 0 Å². The molecule has 0 rings (SSSR count). The van der Waals surface area contributed by atoms with E-state index in [0.29, 0.717) is 0 Å². The molecule has 0 saturated carbocycles. The predicted molar refractivity (Wildman–Crippen MR) is 63.0 cm³/mol. The van der Waals surface area contributed by atoms with Crippen LogP contribution in [-0.2, 0) is 4.74 Å². The van der Waals surface area contributed by atoms with E-state index in [-0.39, 0.29) is 0 Å². The summed E-state index contributed by atoms with van der Waals surface area (Å²) < 4.78 is 4.73. The zero-order valence-electron chi connectivity index (χ0n) is 8.89. The fourth-order valence-electron chi connectivity index (χ4n) is 0.723. The van der Waals surface area contributed by atoms with E-state index in [4.69, 9.17) is 4.74 Å². The van der Waals surface area contributed by atoms with Crippen molar-refractivity contribution in [3.8, 4) is 0 Å². The molecule has 0 atom stereocenters. The lowest BCUT2D eigenvalue weighted by atomic mass is 10.3. The molecule has 1 nitrogen and oxygen atoms in total. The molecule has 0 N–H and O–H groups in total. The number of hydrogen-bond acceptors (Lipinski definition) is 1. The topological polar surface area (TPSA) is 9.23 Å². The van der Waals surface area contributed by atoms with Gasteiger partial charge in [0.2, 0.25) is 0 Å². The predicted octanol–water partition coefficient (Wildman–Crippen LogP) is 3.78. The molecule has 0 aromatic rings. The molecular formula is C13H18O. The van der Waals surface area contributed by atoms with Crippen LogP contribution in [0.1, 0.15) is 13.3 Å². The Kier molecular flexibility index (Phi) is 10.3. The van der Waals surface area contributed by atoms with E-state index >= 15 is 0 Å². The highest BCUT2D eigenvalue weighted by molar-refractivity contribution is 5.17. The number of hydrogen-bond donors (Lipinski definition) is 0. The quantitative estimate of drug-likeness (QED) is 0.457. The maximum absolute atomic E-state index is 4.73. The van der Waals surface area contributed by atoms with Gasteiger partial charge in [-0.3, -0.25) is 0 Å². The van der Waals surface area contributed by atoms with Crippen molar-refractivity contribution in [1.29, 1.82) is 0 Å². The summed E-state index contributed by atoms with van der Waals surface area (Å²) in [5, 5.41) is 0. The summed E-state index contributed by atoms with van der Waals surface area (Å²) in [7, 11) is 1.63. The Morgan fingerprint density at radius 2 is 1.29 bits per heavy atom. The van der Waals surface area contributed by atoms with Gasteiger partial charge in [0.1, 0.15) is 0 Å². The maximum Gasteiger partial charge on any atom is 0.0824 e. The van der Waals surface area contributed by atoms with Crippen LogP contribution in [0.5, 0.6) is 0 Å². The van der Waals surface area contributed by atoms with Crippen molar-refractivity contribution in [3.63, 3.8) is 0 Å². The zero-order valence-corrected chi connectivity index (χ0v) is 8.89. The van der Waals surface area contributed by atoms with Crippen LogP contribution in [0.25, 0.3) is 0 Å². The highest BCUT2D eigenvalue weighted by atomic mass is 16.5. The summed E-state index contributed by atoms with van der Waals surface area (Å²) in [5.74, 6) is 0. The molecule has 0 amide bonds. The molecule has 0 aromatic carbocycles. The molecule has 14 heavy (non-hydrogen) atoms. The molecule has 76 valence electrons. The van der Waals surface area contributed by atoms with Gasteiger partial charge in [0.05, 0.1) is 13.4 Å². The first-order valence-electron chi connectivity index (χ1n) is 4.76. The van der Waals surface area contributed by atoms with E-state index in [1.807, 2.05) is 48.6 Å². The Morgan fingerprint density at radius 1 is 0.786 bits per heavy atom. The van der Waals surface area contributed by atoms with Crippen LogP contribution in [0.2, 0.25) is 0 Å². The average molecular weight is 190 g/mol. The van der Waals surface area contributed by atoms with Gasteiger partial charge in [0.25, 0.3) is 0 Å². The zero-order chi connectivity index (χ0) is 10.5. The van der Waals surface area contributed by atoms with Gasteiger partial charge < -0.3 is 4.74 Å². The van der Waals surface area contributed by atoms with E-state index in [0.717, 1.165) is 6.42 Å². The highest BCUT2D eigenvalue weighted by Gasteiger charge is 1.64. The van der Waals surface area contributed by atoms with Crippen LogP contribution in [0.4, 0.5) is 0 Å². The van der Waals surface area contributed by atoms with Gasteiger partial charge in [0.15, 0.2) is 0 Å². The molecule has 0 spiro atoms. The number of ether oxygens (including phenoxy) is 1. The van der Waals surface area contributed by atoms with Crippen molar-refractivity contribution >= 4 is 0 Å². The molecule has 0 aliphatic heterocycles. The van der Waals surface area contributed by atoms with Gasteiger partial charge in [-0.25, -0.2) is 0 Å².